The van der Waals surface area contributed by atoms with Crippen LogP contribution in [0.4, 0.5) is 34.6 Å². The smallest absolute Gasteiger partial charge is 0.397 e. The van der Waals surface area contributed by atoms with Crippen LogP contribution >= 0.6 is 11.6 Å². The Kier molecular flexibility index (Phi) is 3.61. The van der Waals surface area contributed by atoms with E-state index in [0.29, 0.717) is 4.90 Å². The summed E-state index contributed by atoms with van der Waals surface area (Å²) in [7, 11) is 1.06. The van der Waals surface area contributed by atoms with Gasteiger partial charge >= 0.3 is 6.18 Å². The zero-order valence-electron chi connectivity index (χ0n) is 8.78. The lowest BCUT2D eigenvalue weighted by molar-refractivity contribution is -0.119. The van der Waals surface area contributed by atoms with Crippen LogP contribution in [0.3, 0.4) is 0 Å². The Labute approximate surface area is 99.9 Å². The molecular formula is C9H10ClF4N3. The topological polar surface area (TPSA) is 55.3 Å². The van der Waals surface area contributed by atoms with E-state index in [9.17, 15) is 17.6 Å². The van der Waals surface area contributed by atoms with Crippen molar-refractivity contribution in [2.75, 3.05) is 30.0 Å². The van der Waals surface area contributed by atoms with Crippen molar-refractivity contribution in [3.63, 3.8) is 0 Å². The molecule has 0 bridgehead atoms. The summed E-state index contributed by atoms with van der Waals surface area (Å²) >= 11 is 5.51. The first kappa shape index (κ1) is 13.7. The molecule has 4 N–H and O–H groups in total. The summed E-state index contributed by atoms with van der Waals surface area (Å²) < 4.78 is 50.2. The van der Waals surface area contributed by atoms with Crippen LogP contribution in [0.2, 0.25) is 5.02 Å². The Morgan fingerprint density at radius 1 is 1.29 bits per heavy atom. The predicted octanol–water partition coefficient (Wildman–Crippen LogP) is 2.64. The number of benzene rings is 1. The molecule has 1 aromatic carbocycles. The van der Waals surface area contributed by atoms with Crippen LogP contribution in [-0.2, 0) is 0 Å². The van der Waals surface area contributed by atoms with Gasteiger partial charge in [0.25, 0.3) is 0 Å². The second-order valence-electron chi connectivity index (χ2n) is 3.50. The Bertz CT molecular complexity index is 433. The SMILES string of the molecule is CN(CC(F)(F)F)c1c(N)cc(N)c(Cl)c1F. The first-order valence-electron chi connectivity index (χ1n) is 4.44. The van der Waals surface area contributed by atoms with Crippen molar-refractivity contribution in [1.82, 2.24) is 0 Å². The van der Waals surface area contributed by atoms with Gasteiger partial charge in [-0.15, -0.1) is 0 Å². The van der Waals surface area contributed by atoms with Gasteiger partial charge in [0.15, 0.2) is 5.82 Å². The molecule has 1 rings (SSSR count). The van der Waals surface area contributed by atoms with Gasteiger partial charge in [0.1, 0.15) is 11.6 Å². The average Bonchev–Trinajstić information content (AvgIpc) is 2.11. The van der Waals surface area contributed by atoms with Gasteiger partial charge in [0.2, 0.25) is 0 Å². The molecule has 0 fully saturated rings. The van der Waals surface area contributed by atoms with E-state index in [4.69, 9.17) is 23.1 Å². The minimum Gasteiger partial charge on any atom is -0.397 e. The molecule has 1 aromatic rings. The number of halogens is 5. The molecule has 0 atom stereocenters. The second-order valence-corrected chi connectivity index (χ2v) is 3.88. The molecule has 17 heavy (non-hydrogen) atoms. The maximum absolute atomic E-state index is 13.6. The van der Waals surface area contributed by atoms with Crippen molar-refractivity contribution in [3.8, 4) is 0 Å². The lowest BCUT2D eigenvalue weighted by Gasteiger charge is -2.23. The fraction of sp³-hybridized carbons (Fsp3) is 0.333. The molecule has 3 nitrogen and oxygen atoms in total. The highest BCUT2D eigenvalue weighted by Crippen LogP contribution is 2.36. The number of hydrogen-bond donors (Lipinski definition) is 2. The van der Waals surface area contributed by atoms with E-state index in [1.165, 1.54) is 0 Å². The molecular weight excluding hydrogens is 262 g/mol. The molecule has 8 heteroatoms. The molecule has 0 aliphatic carbocycles. The van der Waals surface area contributed by atoms with E-state index < -0.39 is 29.2 Å². The van der Waals surface area contributed by atoms with E-state index in [1.807, 2.05) is 0 Å². The van der Waals surface area contributed by atoms with Crippen LogP contribution in [0.5, 0.6) is 0 Å². The number of alkyl halides is 3. The number of rotatable bonds is 2. The van der Waals surface area contributed by atoms with Crippen LogP contribution < -0.4 is 16.4 Å². The van der Waals surface area contributed by atoms with Gasteiger partial charge in [-0.1, -0.05) is 11.6 Å². The highest BCUT2D eigenvalue weighted by molar-refractivity contribution is 6.33. The van der Waals surface area contributed by atoms with Crippen LogP contribution in [0.15, 0.2) is 6.07 Å². The Balaban J connectivity index is 3.18. The summed E-state index contributed by atoms with van der Waals surface area (Å²) in [6.07, 6.45) is -4.47. The molecule has 96 valence electrons. The Hall–Kier alpha value is -1.37. The molecule has 0 spiro atoms. The summed E-state index contributed by atoms with van der Waals surface area (Å²) in [5.74, 6) is -1.06. The lowest BCUT2D eigenvalue weighted by Crippen LogP contribution is -2.32. The van der Waals surface area contributed by atoms with Crippen LogP contribution in [0.1, 0.15) is 0 Å². The first-order chi connectivity index (χ1) is 7.63. The fourth-order valence-electron chi connectivity index (χ4n) is 1.39. The zero-order chi connectivity index (χ0) is 13.4. The third-order valence-electron chi connectivity index (χ3n) is 2.04. The van der Waals surface area contributed by atoms with E-state index in [0.717, 1.165) is 13.1 Å². The van der Waals surface area contributed by atoms with Gasteiger partial charge in [0, 0.05) is 7.05 Å². The standard InChI is InChI=1S/C9H10ClF4N3/c1-17(3-9(12,13)14)8-5(16)2-4(15)6(10)7(8)11/h2H,3,15-16H2,1H3. The lowest BCUT2D eigenvalue weighted by atomic mass is 10.2. The second kappa shape index (κ2) is 4.48. The van der Waals surface area contributed by atoms with Gasteiger partial charge in [-0.2, -0.15) is 13.2 Å². The van der Waals surface area contributed by atoms with E-state index in [1.54, 1.807) is 0 Å². The highest BCUT2D eigenvalue weighted by atomic mass is 35.5. The summed E-state index contributed by atoms with van der Waals surface area (Å²) in [5, 5.41) is -0.441. The molecule has 0 amide bonds. The van der Waals surface area contributed by atoms with E-state index in [-0.39, 0.29) is 11.4 Å². The van der Waals surface area contributed by atoms with Crippen molar-refractivity contribution < 1.29 is 17.6 Å². The number of nitrogen functional groups attached to an aromatic ring is 2. The van der Waals surface area contributed by atoms with E-state index >= 15 is 0 Å². The highest BCUT2D eigenvalue weighted by Gasteiger charge is 2.31. The van der Waals surface area contributed by atoms with E-state index in [2.05, 4.69) is 0 Å². The summed E-state index contributed by atoms with van der Waals surface area (Å²) in [5.41, 5.74) is 10.0. The average molecular weight is 272 g/mol. The van der Waals surface area contributed by atoms with Gasteiger partial charge in [-0.3, -0.25) is 0 Å². The quantitative estimate of drug-likeness (QED) is 0.642. The molecule has 0 aliphatic rings. The van der Waals surface area contributed by atoms with Crippen molar-refractivity contribution in [2.24, 2.45) is 0 Å². The van der Waals surface area contributed by atoms with Gasteiger partial charge < -0.3 is 16.4 Å². The minimum absolute atomic E-state index is 0.120. The van der Waals surface area contributed by atoms with Crippen molar-refractivity contribution >= 4 is 28.7 Å². The maximum Gasteiger partial charge on any atom is 0.405 e. The monoisotopic (exact) mass is 271 g/mol. The molecule has 0 unspecified atom stereocenters. The third-order valence-corrected chi connectivity index (χ3v) is 2.42. The van der Waals surface area contributed by atoms with Crippen LogP contribution in [-0.4, -0.2) is 19.8 Å². The predicted molar refractivity (Wildman–Crippen MR) is 59.6 cm³/mol. The third kappa shape index (κ3) is 3.06. The number of nitrogens with two attached hydrogens (primary N) is 2. The zero-order valence-corrected chi connectivity index (χ0v) is 9.53. The van der Waals surface area contributed by atoms with Crippen molar-refractivity contribution in [2.45, 2.75) is 6.18 Å². The molecule has 0 aliphatic heterocycles. The Morgan fingerprint density at radius 2 is 1.82 bits per heavy atom. The Morgan fingerprint density at radius 3 is 2.29 bits per heavy atom. The summed E-state index contributed by atoms with van der Waals surface area (Å²) in [6, 6.07) is 1.12. The minimum atomic E-state index is -4.47. The largest absolute Gasteiger partial charge is 0.405 e. The van der Waals surface area contributed by atoms with Crippen molar-refractivity contribution in [1.29, 1.82) is 0 Å². The molecule has 0 aromatic heterocycles. The van der Waals surface area contributed by atoms with Gasteiger partial charge in [-0.05, 0) is 6.07 Å². The molecule has 0 radical (unpaired) electrons. The molecule has 0 saturated heterocycles. The maximum atomic E-state index is 13.6. The van der Waals surface area contributed by atoms with Gasteiger partial charge in [0.05, 0.1) is 17.1 Å². The summed E-state index contributed by atoms with van der Waals surface area (Å²) in [4.78, 5) is 0.635. The number of hydrogen-bond acceptors (Lipinski definition) is 3. The normalized spacial score (nSPS) is 11.6. The van der Waals surface area contributed by atoms with Crippen molar-refractivity contribution in [3.05, 3.63) is 16.9 Å². The van der Waals surface area contributed by atoms with Gasteiger partial charge in [-0.25, -0.2) is 4.39 Å². The number of anilines is 3. The fourth-order valence-corrected chi connectivity index (χ4v) is 1.54. The molecule has 0 saturated carbocycles. The first-order valence-corrected chi connectivity index (χ1v) is 4.82. The molecule has 0 heterocycles. The van der Waals surface area contributed by atoms with Crippen LogP contribution in [0, 0.1) is 5.82 Å². The van der Waals surface area contributed by atoms with Crippen LogP contribution in [0.25, 0.3) is 0 Å². The number of nitrogens with zero attached hydrogens (tertiary/aromatic N) is 1. The summed E-state index contributed by atoms with van der Waals surface area (Å²) in [6.45, 7) is -1.34.